The van der Waals surface area contributed by atoms with Crippen molar-refractivity contribution in [2.45, 2.75) is 53.0 Å². The maximum atomic E-state index is 11.8. The number of amides is 1. The molecule has 0 aromatic heterocycles. The van der Waals surface area contributed by atoms with Crippen molar-refractivity contribution in [1.82, 2.24) is 5.32 Å². The Kier molecular flexibility index (Phi) is 13.2. The highest BCUT2D eigenvalue weighted by Crippen LogP contribution is 2.26. The number of aliphatic hydroxyl groups is 1. The molecule has 5 heteroatoms. The van der Waals surface area contributed by atoms with Crippen LogP contribution in [0.5, 0.6) is 11.5 Å². The molecule has 5 nitrogen and oxygen atoms in total. The van der Waals surface area contributed by atoms with Gasteiger partial charge in [0.2, 0.25) is 5.91 Å². The standard InChI is InChI=1S/C18H27NO3.C2H6O/c1-14(2)8-6-4-5-7-9-18(21)19-13-15-10-11-16(20)17(12-15)22-3;1-2-3/h6,8,10-12,14,20H,4-5,7,9,13H2,1-3H3,(H,19,21);3H,2H2,1H3. The first-order valence-corrected chi connectivity index (χ1v) is 8.84. The van der Waals surface area contributed by atoms with Gasteiger partial charge in [-0.15, -0.1) is 0 Å². The predicted molar refractivity (Wildman–Crippen MR) is 102 cm³/mol. The molecule has 0 aliphatic rings. The summed E-state index contributed by atoms with van der Waals surface area (Å²) in [7, 11) is 1.51. The Hall–Kier alpha value is -2.01. The Morgan fingerprint density at radius 1 is 1.32 bits per heavy atom. The number of rotatable bonds is 9. The molecule has 0 atom stereocenters. The third kappa shape index (κ3) is 12.1. The van der Waals surface area contributed by atoms with Crippen molar-refractivity contribution in [2.75, 3.05) is 13.7 Å². The molecule has 0 radical (unpaired) electrons. The Labute approximate surface area is 151 Å². The summed E-state index contributed by atoms with van der Waals surface area (Å²) in [5.74, 6) is 1.17. The lowest BCUT2D eigenvalue weighted by molar-refractivity contribution is -0.121. The van der Waals surface area contributed by atoms with Gasteiger partial charge in [0, 0.05) is 19.6 Å². The molecular formula is C20H33NO4. The molecule has 142 valence electrons. The van der Waals surface area contributed by atoms with Crippen LogP contribution in [0.1, 0.15) is 52.0 Å². The Bertz CT molecular complexity index is 512. The number of hydrogen-bond acceptors (Lipinski definition) is 4. The van der Waals surface area contributed by atoms with Gasteiger partial charge in [-0.05, 0) is 49.8 Å². The number of carbonyl (C=O) groups is 1. The molecule has 0 bridgehead atoms. The molecule has 3 N–H and O–H groups in total. The van der Waals surface area contributed by atoms with E-state index in [4.69, 9.17) is 9.84 Å². The number of aliphatic hydroxyl groups excluding tert-OH is 1. The SMILES string of the molecule is CCO.COc1cc(CNC(=O)CCCCC=CC(C)C)ccc1O. The molecule has 0 heterocycles. The monoisotopic (exact) mass is 351 g/mol. The van der Waals surface area contributed by atoms with E-state index in [1.54, 1.807) is 25.1 Å². The number of allylic oxidation sites excluding steroid dienone is 2. The first-order chi connectivity index (χ1) is 11.9. The number of hydrogen-bond donors (Lipinski definition) is 3. The maximum Gasteiger partial charge on any atom is 0.220 e. The van der Waals surface area contributed by atoms with Crippen molar-refractivity contribution in [2.24, 2.45) is 5.92 Å². The van der Waals surface area contributed by atoms with Gasteiger partial charge in [0.15, 0.2) is 11.5 Å². The van der Waals surface area contributed by atoms with Gasteiger partial charge in [-0.25, -0.2) is 0 Å². The van der Waals surface area contributed by atoms with Crippen LogP contribution < -0.4 is 10.1 Å². The highest BCUT2D eigenvalue weighted by Gasteiger charge is 2.04. The van der Waals surface area contributed by atoms with E-state index in [0.717, 1.165) is 24.8 Å². The number of phenolic OH excluding ortho intramolecular Hbond substituents is 1. The van der Waals surface area contributed by atoms with E-state index >= 15 is 0 Å². The summed E-state index contributed by atoms with van der Waals surface area (Å²) in [5.41, 5.74) is 0.905. The van der Waals surface area contributed by atoms with Crippen LogP contribution in [0, 0.1) is 5.92 Å². The molecule has 0 aliphatic carbocycles. The van der Waals surface area contributed by atoms with Gasteiger partial charge in [-0.3, -0.25) is 4.79 Å². The lowest BCUT2D eigenvalue weighted by atomic mass is 10.1. The van der Waals surface area contributed by atoms with Crippen molar-refractivity contribution in [3.8, 4) is 11.5 Å². The van der Waals surface area contributed by atoms with Gasteiger partial charge in [0.25, 0.3) is 0 Å². The number of phenols is 1. The van der Waals surface area contributed by atoms with Crippen LogP contribution >= 0.6 is 0 Å². The molecule has 1 aromatic rings. The fraction of sp³-hybridized carbons (Fsp3) is 0.550. The predicted octanol–water partition coefficient (Wildman–Crippen LogP) is 3.79. The summed E-state index contributed by atoms with van der Waals surface area (Å²) < 4.78 is 5.04. The third-order valence-electron chi connectivity index (χ3n) is 3.28. The molecule has 0 saturated heterocycles. The molecule has 0 fully saturated rings. The van der Waals surface area contributed by atoms with Gasteiger partial charge in [-0.2, -0.15) is 0 Å². The average molecular weight is 351 g/mol. The minimum atomic E-state index is 0.0554. The Morgan fingerprint density at radius 2 is 2.00 bits per heavy atom. The van der Waals surface area contributed by atoms with Crippen LogP contribution in [-0.4, -0.2) is 29.8 Å². The normalized spacial score (nSPS) is 10.5. The fourth-order valence-electron chi connectivity index (χ4n) is 2.04. The summed E-state index contributed by atoms with van der Waals surface area (Å²) in [5, 5.41) is 20.0. The molecule has 1 amide bonds. The van der Waals surface area contributed by atoms with E-state index in [1.807, 2.05) is 0 Å². The zero-order chi connectivity index (χ0) is 19.1. The van der Waals surface area contributed by atoms with Gasteiger partial charge >= 0.3 is 0 Å². The minimum Gasteiger partial charge on any atom is -0.504 e. The van der Waals surface area contributed by atoms with Crippen molar-refractivity contribution in [1.29, 1.82) is 0 Å². The number of nitrogens with one attached hydrogen (secondary N) is 1. The van der Waals surface area contributed by atoms with Crippen LogP contribution in [0.3, 0.4) is 0 Å². The molecule has 0 unspecified atom stereocenters. The second kappa shape index (κ2) is 14.3. The van der Waals surface area contributed by atoms with Gasteiger partial charge in [-0.1, -0.05) is 32.1 Å². The topological polar surface area (TPSA) is 78.8 Å². The quantitative estimate of drug-likeness (QED) is 0.467. The smallest absolute Gasteiger partial charge is 0.220 e. The van der Waals surface area contributed by atoms with Crippen molar-refractivity contribution in [3.63, 3.8) is 0 Å². The first kappa shape index (κ1) is 23.0. The van der Waals surface area contributed by atoms with Crippen molar-refractivity contribution in [3.05, 3.63) is 35.9 Å². The molecular weight excluding hydrogens is 318 g/mol. The average Bonchev–Trinajstić information content (AvgIpc) is 2.57. The number of methoxy groups -OCH3 is 1. The summed E-state index contributed by atoms with van der Waals surface area (Å²) in [6, 6.07) is 5.07. The van der Waals surface area contributed by atoms with E-state index in [-0.39, 0.29) is 18.3 Å². The van der Waals surface area contributed by atoms with E-state index in [0.29, 0.717) is 24.6 Å². The second-order valence-electron chi connectivity index (χ2n) is 6.02. The summed E-state index contributed by atoms with van der Waals surface area (Å²) in [6.45, 7) is 6.69. The van der Waals surface area contributed by atoms with Gasteiger partial charge in [0.1, 0.15) is 0 Å². The second-order valence-corrected chi connectivity index (χ2v) is 6.02. The largest absolute Gasteiger partial charge is 0.504 e. The van der Waals surface area contributed by atoms with E-state index in [9.17, 15) is 9.90 Å². The molecule has 1 aromatic carbocycles. The lowest BCUT2D eigenvalue weighted by Gasteiger charge is -2.08. The lowest BCUT2D eigenvalue weighted by Crippen LogP contribution is -2.22. The Morgan fingerprint density at radius 3 is 2.60 bits per heavy atom. The molecule has 0 saturated carbocycles. The van der Waals surface area contributed by atoms with Crippen LogP contribution in [0.15, 0.2) is 30.4 Å². The number of ether oxygens (including phenoxy) is 1. The first-order valence-electron chi connectivity index (χ1n) is 8.84. The summed E-state index contributed by atoms with van der Waals surface area (Å²) in [4.78, 5) is 11.8. The minimum absolute atomic E-state index is 0.0554. The molecule has 25 heavy (non-hydrogen) atoms. The van der Waals surface area contributed by atoms with Crippen LogP contribution in [-0.2, 0) is 11.3 Å². The van der Waals surface area contributed by atoms with E-state index in [1.165, 1.54) is 7.11 Å². The van der Waals surface area contributed by atoms with E-state index < -0.39 is 0 Å². The summed E-state index contributed by atoms with van der Waals surface area (Å²) in [6.07, 6.45) is 7.88. The fourth-order valence-corrected chi connectivity index (χ4v) is 2.04. The molecule has 0 aliphatic heterocycles. The zero-order valence-corrected chi connectivity index (χ0v) is 15.9. The Balaban J connectivity index is 0.00000178. The van der Waals surface area contributed by atoms with Crippen molar-refractivity contribution >= 4 is 5.91 Å². The zero-order valence-electron chi connectivity index (χ0n) is 15.9. The molecule has 0 spiro atoms. The number of aromatic hydroxyl groups is 1. The molecule has 1 rings (SSSR count). The van der Waals surface area contributed by atoms with Crippen molar-refractivity contribution < 1.29 is 19.7 Å². The highest BCUT2D eigenvalue weighted by molar-refractivity contribution is 5.75. The number of carbonyl (C=O) groups excluding carboxylic acids is 1. The third-order valence-corrected chi connectivity index (χ3v) is 3.28. The maximum absolute atomic E-state index is 11.8. The number of unbranched alkanes of at least 4 members (excludes halogenated alkanes) is 2. The van der Waals surface area contributed by atoms with Gasteiger partial charge < -0.3 is 20.3 Å². The van der Waals surface area contributed by atoms with E-state index in [2.05, 4.69) is 31.3 Å². The number of benzene rings is 1. The van der Waals surface area contributed by atoms with Crippen LogP contribution in [0.4, 0.5) is 0 Å². The van der Waals surface area contributed by atoms with Gasteiger partial charge in [0.05, 0.1) is 7.11 Å². The van der Waals surface area contributed by atoms with Crippen LogP contribution in [0.25, 0.3) is 0 Å². The highest BCUT2D eigenvalue weighted by atomic mass is 16.5. The summed E-state index contributed by atoms with van der Waals surface area (Å²) >= 11 is 0. The van der Waals surface area contributed by atoms with Crippen LogP contribution in [0.2, 0.25) is 0 Å².